The molecule has 16 heavy (non-hydrogen) atoms. The van der Waals surface area contributed by atoms with E-state index in [0.717, 1.165) is 17.8 Å². The molecule has 4 aliphatic carbocycles. The summed E-state index contributed by atoms with van der Waals surface area (Å²) in [5.41, 5.74) is 0.363. The van der Waals surface area contributed by atoms with Crippen LogP contribution in [0.25, 0.3) is 0 Å². The van der Waals surface area contributed by atoms with Crippen LogP contribution in [-0.4, -0.2) is 19.2 Å². The minimum Gasteiger partial charge on any atom is -0.449 e. The van der Waals surface area contributed by atoms with E-state index in [2.05, 4.69) is 5.32 Å². The van der Waals surface area contributed by atoms with Crippen LogP contribution < -0.4 is 5.32 Å². The predicted molar refractivity (Wildman–Crippen MR) is 61.0 cm³/mol. The van der Waals surface area contributed by atoms with Crippen molar-refractivity contribution in [3.8, 4) is 0 Å². The maximum Gasteiger partial charge on any atom is 0.407 e. The first-order valence-electron chi connectivity index (χ1n) is 6.61. The molecule has 4 aliphatic rings. The average Bonchev–Trinajstić information content (AvgIpc) is 2.65. The van der Waals surface area contributed by atoms with Crippen LogP contribution in [0, 0.1) is 23.2 Å². The number of ether oxygens (including phenoxy) is 1. The van der Waals surface area contributed by atoms with Gasteiger partial charge in [-0.3, -0.25) is 0 Å². The third kappa shape index (κ3) is 1.61. The monoisotopic (exact) mass is 223 g/mol. The number of carbonyl (C=O) groups is 1. The Labute approximate surface area is 96.9 Å². The van der Waals surface area contributed by atoms with E-state index in [9.17, 15) is 4.79 Å². The predicted octanol–water partition coefficient (Wildman–Crippen LogP) is 2.56. The lowest BCUT2D eigenvalue weighted by Crippen LogP contribution is -2.35. The molecule has 0 saturated heterocycles. The van der Waals surface area contributed by atoms with Gasteiger partial charge in [-0.25, -0.2) is 4.79 Å². The molecule has 0 aromatic carbocycles. The van der Waals surface area contributed by atoms with Crippen molar-refractivity contribution in [1.82, 2.24) is 5.32 Å². The summed E-state index contributed by atoms with van der Waals surface area (Å²) in [5.74, 6) is 2.85. The van der Waals surface area contributed by atoms with Crippen molar-refractivity contribution in [2.24, 2.45) is 23.2 Å². The van der Waals surface area contributed by atoms with Crippen LogP contribution >= 0.6 is 0 Å². The number of nitrogens with one attached hydrogen (secondary N) is 1. The molecule has 0 aliphatic heterocycles. The quantitative estimate of drug-likeness (QED) is 0.798. The van der Waals surface area contributed by atoms with E-state index in [1.807, 2.05) is 6.92 Å². The number of hydrogen-bond donors (Lipinski definition) is 1. The topological polar surface area (TPSA) is 38.3 Å². The number of amides is 1. The summed E-state index contributed by atoms with van der Waals surface area (Å²) in [6, 6.07) is 0. The normalized spacial score (nSPS) is 43.7. The fraction of sp³-hybridized carbons (Fsp3) is 0.923. The Bertz CT molecular complexity index is 283. The van der Waals surface area contributed by atoms with E-state index >= 15 is 0 Å². The summed E-state index contributed by atoms with van der Waals surface area (Å²) in [4.78, 5) is 11.3. The Morgan fingerprint density at radius 1 is 1.31 bits per heavy atom. The zero-order valence-corrected chi connectivity index (χ0v) is 10.00. The van der Waals surface area contributed by atoms with Gasteiger partial charge in [-0.05, 0) is 56.8 Å². The van der Waals surface area contributed by atoms with Crippen LogP contribution in [-0.2, 0) is 4.74 Å². The smallest absolute Gasteiger partial charge is 0.407 e. The Morgan fingerprint density at radius 2 is 2.00 bits per heavy atom. The standard InChI is InChI=1S/C13H21NO2/c1-2-14-12(15)16-8-13-5-9-3-10(6-13)11(4-9)7-13/h9-11H,2-8H2,1H3,(H,14,15). The molecule has 0 heterocycles. The van der Waals surface area contributed by atoms with Crippen molar-refractivity contribution < 1.29 is 9.53 Å². The van der Waals surface area contributed by atoms with Gasteiger partial charge in [0.1, 0.15) is 0 Å². The second-order valence-corrected chi connectivity index (χ2v) is 6.08. The molecule has 1 amide bonds. The molecular weight excluding hydrogens is 202 g/mol. The molecule has 4 fully saturated rings. The number of rotatable bonds is 3. The summed E-state index contributed by atoms with van der Waals surface area (Å²) in [6.07, 6.45) is 6.60. The lowest BCUT2D eigenvalue weighted by molar-refractivity contribution is 0.0417. The number of carbonyl (C=O) groups excluding carboxylic acids is 1. The summed E-state index contributed by atoms with van der Waals surface area (Å²) in [5, 5.41) is 2.70. The zero-order chi connectivity index (χ0) is 11.2. The fourth-order valence-corrected chi connectivity index (χ4v) is 4.57. The summed E-state index contributed by atoms with van der Waals surface area (Å²) in [7, 11) is 0. The van der Waals surface area contributed by atoms with Crippen molar-refractivity contribution in [3.63, 3.8) is 0 Å². The minimum absolute atomic E-state index is 0.237. The molecule has 90 valence electrons. The van der Waals surface area contributed by atoms with Crippen LogP contribution in [0.15, 0.2) is 0 Å². The van der Waals surface area contributed by atoms with Crippen LogP contribution in [0.3, 0.4) is 0 Å². The zero-order valence-electron chi connectivity index (χ0n) is 10.00. The Morgan fingerprint density at radius 3 is 2.56 bits per heavy atom. The lowest BCUT2D eigenvalue weighted by atomic mass is 9.70. The van der Waals surface area contributed by atoms with Gasteiger partial charge in [0, 0.05) is 12.0 Å². The van der Waals surface area contributed by atoms with Gasteiger partial charge < -0.3 is 10.1 Å². The van der Waals surface area contributed by atoms with Crippen LogP contribution in [0.5, 0.6) is 0 Å². The number of hydrogen-bond acceptors (Lipinski definition) is 2. The van der Waals surface area contributed by atoms with E-state index in [0.29, 0.717) is 18.6 Å². The summed E-state index contributed by atoms with van der Waals surface area (Å²) >= 11 is 0. The molecule has 2 unspecified atom stereocenters. The van der Waals surface area contributed by atoms with Crippen LogP contribution in [0.4, 0.5) is 4.79 Å². The van der Waals surface area contributed by atoms with E-state index in [4.69, 9.17) is 4.74 Å². The van der Waals surface area contributed by atoms with E-state index in [-0.39, 0.29) is 6.09 Å². The molecular formula is C13H21NO2. The third-order valence-electron chi connectivity index (χ3n) is 4.88. The highest BCUT2D eigenvalue weighted by atomic mass is 16.5. The van der Waals surface area contributed by atoms with Gasteiger partial charge in [-0.2, -0.15) is 0 Å². The maximum absolute atomic E-state index is 11.3. The third-order valence-corrected chi connectivity index (χ3v) is 4.88. The minimum atomic E-state index is -0.237. The average molecular weight is 223 g/mol. The molecule has 4 bridgehead atoms. The highest BCUT2D eigenvalue weighted by Gasteiger charge is 2.56. The highest BCUT2D eigenvalue weighted by molar-refractivity contribution is 5.67. The molecule has 0 spiro atoms. The van der Waals surface area contributed by atoms with E-state index in [1.54, 1.807) is 0 Å². The first-order chi connectivity index (χ1) is 7.71. The first kappa shape index (κ1) is 10.4. The van der Waals surface area contributed by atoms with Crippen molar-refractivity contribution in [1.29, 1.82) is 0 Å². The number of alkyl carbamates (subject to hydrolysis) is 1. The van der Waals surface area contributed by atoms with Crippen molar-refractivity contribution in [2.45, 2.75) is 39.0 Å². The first-order valence-corrected chi connectivity index (χ1v) is 6.61. The highest BCUT2D eigenvalue weighted by Crippen LogP contribution is 2.64. The maximum atomic E-state index is 11.3. The molecule has 1 N–H and O–H groups in total. The molecule has 4 saturated carbocycles. The molecule has 0 radical (unpaired) electrons. The second kappa shape index (κ2) is 3.64. The molecule has 0 aromatic heterocycles. The van der Waals surface area contributed by atoms with Crippen molar-refractivity contribution >= 4 is 6.09 Å². The summed E-state index contributed by atoms with van der Waals surface area (Å²) < 4.78 is 5.36. The van der Waals surface area contributed by atoms with Gasteiger partial charge in [0.25, 0.3) is 0 Å². The van der Waals surface area contributed by atoms with Gasteiger partial charge in [0.2, 0.25) is 0 Å². The van der Waals surface area contributed by atoms with E-state index in [1.165, 1.54) is 32.1 Å². The summed E-state index contributed by atoms with van der Waals surface area (Å²) in [6.45, 7) is 3.23. The Balaban J connectivity index is 1.57. The molecule has 0 aromatic rings. The lowest BCUT2D eigenvalue weighted by Gasteiger charge is -2.37. The molecule has 3 nitrogen and oxygen atoms in total. The van der Waals surface area contributed by atoms with Gasteiger partial charge in [-0.15, -0.1) is 0 Å². The van der Waals surface area contributed by atoms with Crippen molar-refractivity contribution in [2.75, 3.05) is 13.2 Å². The van der Waals surface area contributed by atoms with Gasteiger partial charge in [0.15, 0.2) is 0 Å². The largest absolute Gasteiger partial charge is 0.449 e. The van der Waals surface area contributed by atoms with Crippen LogP contribution in [0.1, 0.15) is 39.0 Å². The molecule has 3 heteroatoms. The molecule has 4 rings (SSSR count). The van der Waals surface area contributed by atoms with Gasteiger partial charge >= 0.3 is 6.09 Å². The Hall–Kier alpha value is -0.730. The van der Waals surface area contributed by atoms with Gasteiger partial charge in [0.05, 0.1) is 6.61 Å². The van der Waals surface area contributed by atoms with Crippen molar-refractivity contribution in [3.05, 3.63) is 0 Å². The molecule has 2 atom stereocenters. The second-order valence-electron chi connectivity index (χ2n) is 6.08. The van der Waals surface area contributed by atoms with Crippen LogP contribution in [0.2, 0.25) is 0 Å². The van der Waals surface area contributed by atoms with Gasteiger partial charge in [-0.1, -0.05) is 0 Å². The fourth-order valence-electron chi connectivity index (χ4n) is 4.57. The van der Waals surface area contributed by atoms with E-state index < -0.39 is 0 Å². The SMILES string of the molecule is CCNC(=O)OCC12CC3CC(C1)C(C3)C2. The Kier molecular flexibility index (Phi) is 2.37.